The van der Waals surface area contributed by atoms with E-state index in [2.05, 4.69) is 189 Å². The second-order valence-electron chi connectivity index (χ2n) is 27.8. The summed E-state index contributed by atoms with van der Waals surface area (Å²) in [7, 11) is 0. The molecule has 3 fully saturated rings. The minimum absolute atomic E-state index is 0.164. The van der Waals surface area contributed by atoms with Crippen LogP contribution in [0.15, 0.2) is 182 Å². The number of nitrogens with one attached hydrogen (secondary N) is 1. The minimum atomic E-state index is -2.00. The number of amides is 1. The van der Waals surface area contributed by atoms with Gasteiger partial charge in [-0.1, -0.05) is 273 Å². The Morgan fingerprint density at radius 3 is 1.05 bits per heavy atom. The third-order valence-corrected chi connectivity index (χ3v) is 18.7. The standard InChI is InChI=1S/C88H141NO18/c1-3-5-7-9-11-13-15-17-19-21-23-25-27-28-29-30-31-32-33-34-35-36-37-38-39-40-41-42-44-46-48-50-52-54-56-58-60-62-64-66-76(94)89-71(72(93)65-63-61-59-57-55-53-51-49-47-45-43-26-24-22-20-18-16-14-12-10-8-6-4-2)70-102-86-82(100)79(97)84(74(68-91)104-86)107-88-83(101)80(98)85(75(69-92)105-88)106-87-81(99)78(96)77(95)73(67-90)103-87/h5,7,11,13,17,19,23,25,28-29,31-32,34-35,37-38,40-41,44,46-47,49-50,52,55-58,63,65,71-75,77-88,90-93,95-101H,3-4,6,8-10,12,14-16,18,20-22,24,26-27,30,33,36,39,42-43,45,48,51,53-54,59-62,64,66-70H2,1-2H3,(H,89,94)/b7-5-,13-11-,19-17-,25-23-,29-28-,32-31-,35-34-,38-37-,41-40-,46-44-,49-47+,52-50-,57-55+,58-56-,65-63+. The molecule has 3 aliphatic rings. The van der Waals surface area contributed by atoms with Crippen molar-refractivity contribution in [3.05, 3.63) is 182 Å². The summed E-state index contributed by atoms with van der Waals surface area (Å²) < 4.78 is 34.4. The highest BCUT2D eigenvalue weighted by atomic mass is 16.8. The Labute approximate surface area is 642 Å². The van der Waals surface area contributed by atoms with Crippen molar-refractivity contribution < 1.29 is 89.4 Å². The molecule has 3 saturated heterocycles. The van der Waals surface area contributed by atoms with Gasteiger partial charge in [-0.05, 0) is 135 Å². The first-order chi connectivity index (χ1) is 52.3. The summed E-state index contributed by atoms with van der Waals surface area (Å²) in [5.74, 6) is -0.339. The Balaban J connectivity index is 1.40. The summed E-state index contributed by atoms with van der Waals surface area (Å²) in [6.07, 6.45) is 73.0. The Kier molecular flexibility index (Phi) is 58.9. The molecule has 0 aromatic carbocycles. The van der Waals surface area contributed by atoms with Crippen molar-refractivity contribution in [2.75, 3.05) is 26.4 Å². The number of ether oxygens (including phenoxy) is 6. The molecule has 0 saturated carbocycles. The van der Waals surface area contributed by atoms with Crippen LogP contribution < -0.4 is 5.32 Å². The zero-order chi connectivity index (χ0) is 77.4. The lowest BCUT2D eigenvalue weighted by Crippen LogP contribution is -2.66. The molecule has 606 valence electrons. The van der Waals surface area contributed by atoms with E-state index in [1.165, 1.54) is 83.5 Å². The number of allylic oxidation sites excluding steroid dienone is 29. The highest BCUT2D eigenvalue weighted by molar-refractivity contribution is 5.76. The molecule has 0 aliphatic carbocycles. The number of hydrogen-bond donors (Lipinski definition) is 12. The van der Waals surface area contributed by atoms with Gasteiger partial charge < -0.3 is 89.9 Å². The lowest BCUT2D eigenvalue weighted by molar-refractivity contribution is -0.379. The van der Waals surface area contributed by atoms with E-state index < -0.39 is 131 Å². The van der Waals surface area contributed by atoms with E-state index in [-0.39, 0.29) is 12.3 Å². The van der Waals surface area contributed by atoms with E-state index in [4.69, 9.17) is 28.4 Å². The van der Waals surface area contributed by atoms with Crippen molar-refractivity contribution in [3.8, 4) is 0 Å². The average molecular weight is 1500 g/mol. The second-order valence-corrected chi connectivity index (χ2v) is 27.8. The molecular formula is C88H141NO18. The van der Waals surface area contributed by atoms with Crippen LogP contribution in [-0.2, 0) is 33.2 Å². The summed E-state index contributed by atoms with van der Waals surface area (Å²) in [6.45, 7) is 1.55. The molecule has 19 nitrogen and oxygen atoms in total. The van der Waals surface area contributed by atoms with E-state index in [1.54, 1.807) is 6.08 Å². The number of unbranched alkanes of at least 4 members (excludes halogenated alkanes) is 17. The molecule has 19 heteroatoms. The van der Waals surface area contributed by atoms with Gasteiger partial charge in [0.1, 0.15) is 73.2 Å². The highest BCUT2D eigenvalue weighted by Gasteiger charge is 2.54. The zero-order valence-corrected chi connectivity index (χ0v) is 64.8. The second kappa shape index (κ2) is 65.6. The first kappa shape index (κ1) is 96.1. The lowest BCUT2D eigenvalue weighted by Gasteiger charge is -2.48. The normalized spacial score (nSPS) is 26.5. The number of aliphatic hydroxyl groups excluding tert-OH is 11. The van der Waals surface area contributed by atoms with Gasteiger partial charge >= 0.3 is 0 Å². The zero-order valence-electron chi connectivity index (χ0n) is 64.8. The van der Waals surface area contributed by atoms with E-state index >= 15 is 0 Å². The van der Waals surface area contributed by atoms with Crippen LogP contribution in [0.2, 0.25) is 0 Å². The van der Waals surface area contributed by atoms with Gasteiger partial charge in [-0.2, -0.15) is 0 Å². The lowest BCUT2D eigenvalue weighted by atomic mass is 9.96. The van der Waals surface area contributed by atoms with E-state index in [0.717, 1.165) is 116 Å². The molecule has 0 aromatic heterocycles. The van der Waals surface area contributed by atoms with Gasteiger partial charge in [0.05, 0.1) is 38.6 Å². The van der Waals surface area contributed by atoms with E-state index in [9.17, 15) is 61.0 Å². The fraction of sp³-hybridized carbons (Fsp3) is 0.648. The number of hydrogen-bond acceptors (Lipinski definition) is 18. The van der Waals surface area contributed by atoms with Crippen LogP contribution in [0.1, 0.15) is 232 Å². The molecule has 3 aliphatic heterocycles. The van der Waals surface area contributed by atoms with Gasteiger partial charge in [0.25, 0.3) is 0 Å². The van der Waals surface area contributed by atoms with Crippen molar-refractivity contribution in [1.82, 2.24) is 5.32 Å². The van der Waals surface area contributed by atoms with Crippen LogP contribution in [-0.4, -0.2) is 193 Å². The largest absolute Gasteiger partial charge is 0.394 e. The number of carbonyl (C=O) groups excluding carboxylic acids is 1. The Hall–Kier alpha value is -5.11. The maximum atomic E-state index is 13.5. The Morgan fingerprint density at radius 1 is 0.346 bits per heavy atom. The monoisotopic (exact) mass is 1500 g/mol. The number of aliphatic hydroxyl groups is 11. The van der Waals surface area contributed by atoms with Crippen LogP contribution >= 0.6 is 0 Å². The van der Waals surface area contributed by atoms with Gasteiger partial charge in [0.2, 0.25) is 5.91 Å². The molecule has 0 bridgehead atoms. The molecule has 1 amide bonds. The summed E-state index contributed by atoms with van der Waals surface area (Å²) in [4.78, 5) is 13.5. The molecule has 0 spiro atoms. The van der Waals surface area contributed by atoms with Gasteiger partial charge in [-0.15, -0.1) is 0 Å². The van der Waals surface area contributed by atoms with Crippen LogP contribution in [0.4, 0.5) is 0 Å². The molecule has 17 unspecified atom stereocenters. The average Bonchev–Trinajstić information content (AvgIpc) is 0.781. The molecule has 3 heterocycles. The van der Waals surface area contributed by atoms with Crippen molar-refractivity contribution in [2.45, 2.75) is 336 Å². The SMILES string of the molecule is CC/C=C\C/C=C\C/C=C\C/C=C\C/C=C\C/C=C\C/C=C\C/C=C\C/C=C\C/C=C\C/C=C\C/C=C\CCCCC(=O)NC(COC1OC(CO)C(OC2OC(CO)C(OC3OC(CO)C(O)C(O)C3O)C(O)C2O)C(O)C1O)C(O)/C=C/CC/C=C/CC/C=C/CCCCCCCCCCCCCCC. The van der Waals surface area contributed by atoms with Gasteiger partial charge in [-0.25, -0.2) is 0 Å². The molecule has 12 N–H and O–H groups in total. The molecule has 0 radical (unpaired) electrons. The fourth-order valence-corrected chi connectivity index (χ4v) is 12.2. The molecule has 107 heavy (non-hydrogen) atoms. The van der Waals surface area contributed by atoms with Crippen molar-refractivity contribution in [2.24, 2.45) is 0 Å². The van der Waals surface area contributed by atoms with Crippen molar-refractivity contribution in [3.63, 3.8) is 0 Å². The third-order valence-electron chi connectivity index (χ3n) is 18.7. The van der Waals surface area contributed by atoms with Crippen LogP contribution in [0, 0.1) is 0 Å². The maximum Gasteiger partial charge on any atom is 0.220 e. The number of rotatable bonds is 61. The van der Waals surface area contributed by atoms with Crippen molar-refractivity contribution >= 4 is 5.91 Å². The highest BCUT2D eigenvalue weighted by Crippen LogP contribution is 2.33. The molecule has 3 rings (SSSR count). The van der Waals surface area contributed by atoms with Gasteiger partial charge in [-0.3, -0.25) is 4.79 Å². The predicted molar refractivity (Wildman–Crippen MR) is 428 cm³/mol. The fourth-order valence-electron chi connectivity index (χ4n) is 12.2. The molecule has 0 aromatic rings. The van der Waals surface area contributed by atoms with Crippen LogP contribution in [0.25, 0.3) is 0 Å². The van der Waals surface area contributed by atoms with Crippen LogP contribution in [0.3, 0.4) is 0 Å². The van der Waals surface area contributed by atoms with Gasteiger partial charge in [0, 0.05) is 6.42 Å². The van der Waals surface area contributed by atoms with Crippen LogP contribution in [0.5, 0.6) is 0 Å². The summed E-state index contributed by atoms with van der Waals surface area (Å²) in [5, 5.41) is 121. The summed E-state index contributed by atoms with van der Waals surface area (Å²) >= 11 is 0. The molecule has 17 atom stereocenters. The first-order valence-corrected chi connectivity index (χ1v) is 40.5. The van der Waals surface area contributed by atoms with E-state index in [1.807, 2.05) is 6.08 Å². The first-order valence-electron chi connectivity index (χ1n) is 40.5. The quantitative estimate of drug-likeness (QED) is 0.0199. The van der Waals surface area contributed by atoms with Crippen molar-refractivity contribution in [1.29, 1.82) is 0 Å². The maximum absolute atomic E-state index is 13.5. The van der Waals surface area contributed by atoms with E-state index in [0.29, 0.717) is 12.8 Å². The Morgan fingerprint density at radius 2 is 0.654 bits per heavy atom. The minimum Gasteiger partial charge on any atom is -0.394 e. The smallest absolute Gasteiger partial charge is 0.220 e. The third kappa shape index (κ3) is 45.1. The Bertz CT molecular complexity index is 2650. The molecular weight excluding hydrogens is 1360 g/mol. The predicted octanol–water partition coefficient (Wildman–Crippen LogP) is 13.9. The summed E-state index contributed by atoms with van der Waals surface area (Å²) in [6, 6.07) is -1.04. The topological polar surface area (TPSA) is 307 Å². The summed E-state index contributed by atoms with van der Waals surface area (Å²) in [5.41, 5.74) is 0. The van der Waals surface area contributed by atoms with Gasteiger partial charge in [0.15, 0.2) is 18.9 Å². The number of carbonyl (C=O) groups is 1.